The summed E-state index contributed by atoms with van der Waals surface area (Å²) in [6.45, 7) is 0. The third kappa shape index (κ3) is 2.10. The number of nitrogens with zero attached hydrogens (tertiary/aromatic N) is 1. The number of nitrogens with one attached hydrogen (secondary N) is 3. The van der Waals surface area contributed by atoms with E-state index in [1.165, 1.54) is 4.88 Å². The molecule has 4 rings (SSSR count). The number of hydrogen-bond acceptors (Lipinski definition) is 5. The van der Waals surface area contributed by atoms with Crippen LogP contribution in [-0.2, 0) is 17.6 Å². The van der Waals surface area contributed by atoms with Gasteiger partial charge in [-0.25, -0.2) is 4.79 Å². The van der Waals surface area contributed by atoms with Crippen LogP contribution in [0.1, 0.15) is 40.1 Å². The van der Waals surface area contributed by atoms with Crippen LogP contribution in [0.25, 0.3) is 0 Å². The van der Waals surface area contributed by atoms with Crippen molar-refractivity contribution in [3.63, 3.8) is 0 Å². The van der Waals surface area contributed by atoms with Crippen molar-refractivity contribution in [2.24, 2.45) is 4.99 Å². The first-order chi connectivity index (χ1) is 10.6. The fourth-order valence-corrected chi connectivity index (χ4v) is 4.45. The van der Waals surface area contributed by atoms with Crippen LogP contribution in [0.4, 0.5) is 9.80 Å². The monoisotopic (exact) mass is 318 g/mol. The summed E-state index contributed by atoms with van der Waals surface area (Å²) in [6.07, 6.45) is 3.60. The smallest absolute Gasteiger partial charge is 0.347 e. The van der Waals surface area contributed by atoms with Gasteiger partial charge in [-0.2, -0.15) is 4.99 Å². The Kier molecular flexibility index (Phi) is 3.00. The lowest BCUT2D eigenvalue weighted by Crippen LogP contribution is -2.52. The number of thiophene rings is 1. The molecule has 0 saturated carbocycles. The van der Waals surface area contributed by atoms with Gasteiger partial charge in [-0.1, -0.05) is 0 Å². The Morgan fingerprint density at radius 2 is 1.91 bits per heavy atom. The fraction of sp³-hybridized carbons (Fsp3) is 0.429. The normalized spacial score (nSPS) is 23.7. The van der Waals surface area contributed by atoms with Crippen molar-refractivity contribution < 1.29 is 14.4 Å². The molecule has 1 aromatic heterocycles. The van der Waals surface area contributed by atoms with Crippen LogP contribution in [0.3, 0.4) is 0 Å². The van der Waals surface area contributed by atoms with E-state index in [4.69, 9.17) is 0 Å². The first-order valence-corrected chi connectivity index (χ1v) is 8.06. The second-order valence-electron chi connectivity index (χ2n) is 5.60. The number of rotatable bonds is 1. The first-order valence-electron chi connectivity index (χ1n) is 7.25. The number of carbonyl (C=O) groups is 3. The molecule has 8 heteroatoms. The maximum Gasteiger partial charge on any atom is 0.347 e. The molecule has 1 unspecified atom stereocenters. The topological polar surface area (TPSA) is 99.7 Å². The third-order valence-corrected chi connectivity index (χ3v) is 5.34. The summed E-state index contributed by atoms with van der Waals surface area (Å²) in [5, 5.41) is 8.97. The number of anilines is 1. The summed E-state index contributed by atoms with van der Waals surface area (Å²) in [4.78, 5) is 40.3. The molecule has 1 aliphatic carbocycles. The third-order valence-electron chi connectivity index (χ3n) is 4.12. The maximum atomic E-state index is 12.4. The summed E-state index contributed by atoms with van der Waals surface area (Å²) in [6, 6.07) is -0.682. The quantitative estimate of drug-likeness (QED) is 0.724. The first kappa shape index (κ1) is 13.4. The lowest BCUT2D eigenvalue weighted by atomic mass is 9.94. The Labute approximate surface area is 130 Å². The van der Waals surface area contributed by atoms with Crippen LogP contribution < -0.4 is 16.0 Å². The highest BCUT2D eigenvalue weighted by Gasteiger charge is 2.35. The Morgan fingerprint density at radius 3 is 2.73 bits per heavy atom. The van der Waals surface area contributed by atoms with E-state index in [9.17, 15) is 14.4 Å². The number of aryl methyl sites for hydroxylation is 1. The Bertz CT molecular complexity index is 737. The van der Waals surface area contributed by atoms with Crippen molar-refractivity contribution in [1.82, 2.24) is 10.6 Å². The zero-order valence-electron chi connectivity index (χ0n) is 11.7. The molecule has 2 aliphatic heterocycles. The summed E-state index contributed by atoms with van der Waals surface area (Å²) in [5.74, 6) is -0.554. The molecule has 114 valence electrons. The van der Waals surface area contributed by atoms with E-state index >= 15 is 0 Å². The maximum absolute atomic E-state index is 12.4. The lowest BCUT2D eigenvalue weighted by Gasteiger charge is -2.28. The van der Waals surface area contributed by atoms with Crippen LogP contribution in [0.5, 0.6) is 0 Å². The van der Waals surface area contributed by atoms with Gasteiger partial charge in [0.15, 0.2) is 0 Å². The van der Waals surface area contributed by atoms with E-state index in [1.807, 2.05) is 0 Å². The van der Waals surface area contributed by atoms with Crippen molar-refractivity contribution in [3.05, 3.63) is 16.0 Å². The van der Waals surface area contributed by atoms with E-state index in [2.05, 4.69) is 20.9 Å². The minimum absolute atomic E-state index is 0.00408. The standard InChI is InChI=1S/C14H14N4O3S/c19-9-5-7(15-14(21)16-9)11-17-12(20)10-6-3-1-2-4-8(6)22-13(10)18-11/h11,18H,1-5H2,(H,17,20)(H,16,19,21). The zero-order valence-corrected chi connectivity index (χ0v) is 12.5. The van der Waals surface area contributed by atoms with E-state index < -0.39 is 18.1 Å². The zero-order chi connectivity index (χ0) is 15.3. The highest BCUT2D eigenvalue weighted by Crippen LogP contribution is 2.39. The Morgan fingerprint density at radius 1 is 1.09 bits per heavy atom. The van der Waals surface area contributed by atoms with E-state index in [0.29, 0.717) is 5.71 Å². The van der Waals surface area contributed by atoms with Crippen LogP contribution in [0.15, 0.2) is 4.99 Å². The molecule has 1 atom stereocenters. The van der Waals surface area contributed by atoms with E-state index in [1.54, 1.807) is 11.3 Å². The van der Waals surface area contributed by atoms with Crippen molar-refractivity contribution in [1.29, 1.82) is 0 Å². The Hall–Kier alpha value is -2.22. The highest BCUT2D eigenvalue weighted by molar-refractivity contribution is 7.16. The van der Waals surface area contributed by atoms with Crippen molar-refractivity contribution in [2.45, 2.75) is 38.3 Å². The fourth-order valence-electron chi connectivity index (χ4n) is 3.14. The van der Waals surface area contributed by atoms with Crippen LogP contribution in [-0.4, -0.2) is 29.7 Å². The number of fused-ring (bicyclic) bond motifs is 3. The van der Waals surface area contributed by atoms with Gasteiger partial charge in [-0.3, -0.25) is 14.9 Å². The number of imide groups is 1. The SMILES string of the molecule is O=C1CC(C2NC(=O)c3c(sc4c3CCCC4)N2)=NC(=O)N1. The highest BCUT2D eigenvalue weighted by atomic mass is 32.1. The van der Waals surface area contributed by atoms with Gasteiger partial charge in [0.1, 0.15) is 11.2 Å². The van der Waals surface area contributed by atoms with Crippen LogP contribution in [0.2, 0.25) is 0 Å². The van der Waals surface area contributed by atoms with Crippen molar-refractivity contribution in [2.75, 3.05) is 5.32 Å². The largest absolute Gasteiger partial charge is 0.352 e. The molecule has 3 aliphatic rings. The number of urea groups is 1. The van der Waals surface area contributed by atoms with Gasteiger partial charge in [-0.05, 0) is 31.2 Å². The van der Waals surface area contributed by atoms with E-state index in [-0.39, 0.29) is 12.3 Å². The molecule has 4 amide bonds. The molecular weight excluding hydrogens is 304 g/mol. The minimum atomic E-state index is -0.682. The summed E-state index contributed by atoms with van der Waals surface area (Å²) in [5.41, 5.74) is 2.22. The number of aliphatic imine (C=N–C) groups is 1. The van der Waals surface area contributed by atoms with Gasteiger partial charge >= 0.3 is 6.03 Å². The van der Waals surface area contributed by atoms with Gasteiger partial charge in [0.05, 0.1) is 17.7 Å². The Balaban J connectivity index is 1.68. The molecule has 22 heavy (non-hydrogen) atoms. The van der Waals surface area contributed by atoms with E-state index in [0.717, 1.165) is 41.8 Å². The average Bonchev–Trinajstić information content (AvgIpc) is 2.84. The molecular formula is C14H14N4O3S. The summed E-state index contributed by atoms with van der Waals surface area (Å²) < 4.78 is 0. The molecule has 1 aromatic rings. The van der Waals surface area contributed by atoms with Gasteiger partial charge in [0.25, 0.3) is 5.91 Å². The molecule has 3 N–H and O–H groups in total. The molecule has 3 heterocycles. The van der Waals surface area contributed by atoms with Gasteiger partial charge in [-0.15, -0.1) is 11.3 Å². The number of carbonyl (C=O) groups excluding carboxylic acids is 3. The van der Waals surface area contributed by atoms with Crippen LogP contribution in [0, 0.1) is 0 Å². The van der Waals surface area contributed by atoms with Gasteiger partial charge in [0.2, 0.25) is 5.91 Å². The van der Waals surface area contributed by atoms with Gasteiger partial charge in [0, 0.05) is 4.88 Å². The van der Waals surface area contributed by atoms with Crippen molar-refractivity contribution in [3.8, 4) is 0 Å². The molecule has 0 spiro atoms. The van der Waals surface area contributed by atoms with Crippen molar-refractivity contribution >= 4 is 39.9 Å². The van der Waals surface area contributed by atoms with Gasteiger partial charge < -0.3 is 10.6 Å². The summed E-state index contributed by atoms with van der Waals surface area (Å²) >= 11 is 1.60. The minimum Gasteiger partial charge on any atom is -0.352 e. The molecule has 0 saturated heterocycles. The lowest BCUT2D eigenvalue weighted by molar-refractivity contribution is -0.119. The number of amides is 4. The second kappa shape index (κ2) is 4.91. The number of hydrogen-bond donors (Lipinski definition) is 3. The van der Waals surface area contributed by atoms with Crippen LogP contribution >= 0.6 is 11.3 Å². The molecule has 0 bridgehead atoms. The molecule has 7 nitrogen and oxygen atoms in total. The molecule has 0 aromatic carbocycles. The second-order valence-corrected chi connectivity index (χ2v) is 6.70. The summed E-state index contributed by atoms with van der Waals surface area (Å²) in [7, 11) is 0. The average molecular weight is 318 g/mol. The predicted octanol–water partition coefficient (Wildman–Crippen LogP) is 1.19. The molecule has 0 fully saturated rings. The molecule has 0 radical (unpaired) electrons. The predicted molar refractivity (Wildman–Crippen MR) is 81.4 cm³/mol.